The Labute approximate surface area is 244 Å². The first-order valence-corrected chi connectivity index (χ1v) is 13.9. The normalized spacial score (nSPS) is 12.0. The van der Waals surface area contributed by atoms with Gasteiger partial charge in [0.1, 0.15) is 23.0 Å². The van der Waals surface area contributed by atoms with Crippen LogP contribution < -0.4 is 0 Å². The molecule has 0 atom stereocenters. The van der Waals surface area contributed by atoms with E-state index in [1.165, 1.54) is 22.3 Å². The molecule has 6 aromatic carbocycles. The van der Waals surface area contributed by atoms with Gasteiger partial charge in [0, 0.05) is 0 Å². The van der Waals surface area contributed by atoms with E-state index in [1.54, 1.807) is 48.5 Å². The quantitative estimate of drug-likeness (QED) is 0.177. The van der Waals surface area contributed by atoms with Gasteiger partial charge in [-0.15, -0.1) is 0 Å². The van der Waals surface area contributed by atoms with Crippen LogP contribution in [0.5, 0.6) is 23.0 Å². The van der Waals surface area contributed by atoms with E-state index in [0.717, 1.165) is 57.3 Å². The van der Waals surface area contributed by atoms with Crippen molar-refractivity contribution in [2.75, 3.05) is 0 Å². The third kappa shape index (κ3) is 4.43. The fourth-order valence-corrected chi connectivity index (χ4v) is 6.25. The number of phenolic OH excluding ortho intramolecular Hbond substituents is 4. The minimum Gasteiger partial charge on any atom is -0.508 e. The van der Waals surface area contributed by atoms with Gasteiger partial charge in [0.15, 0.2) is 0 Å². The summed E-state index contributed by atoms with van der Waals surface area (Å²) in [4.78, 5) is 0. The molecule has 0 saturated carbocycles. The summed E-state index contributed by atoms with van der Waals surface area (Å²) in [5.41, 5.74) is 12.9. The second kappa shape index (κ2) is 10.2. The van der Waals surface area contributed by atoms with Gasteiger partial charge in [-0.3, -0.25) is 0 Å². The predicted octanol–water partition coefficient (Wildman–Crippen LogP) is 8.67. The molecular formula is C38H28O4. The molecule has 0 spiro atoms. The van der Waals surface area contributed by atoms with Crippen LogP contribution in [0.15, 0.2) is 121 Å². The fourth-order valence-electron chi connectivity index (χ4n) is 6.25. The van der Waals surface area contributed by atoms with Crippen molar-refractivity contribution in [3.05, 3.63) is 144 Å². The number of benzene rings is 6. The second-order valence-corrected chi connectivity index (χ2v) is 10.8. The van der Waals surface area contributed by atoms with Crippen molar-refractivity contribution in [2.45, 2.75) is 12.8 Å². The third-order valence-corrected chi connectivity index (χ3v) is 8.19. The molecule has 0 amide bonds. The molecule has 4 nitrogen and oxygen atoms in total. The highest BCUT2D eigenvalue weighted by atomic mass is 16.3. The molecule has 0 unspecified atom stereocenters. The summed E-state index contributed by atoms with van der Waals surface area (Å²) in [6.07, 6.45) is 1.46. The van der Waals surface area contributed by atoms with Crippen LogP contribution in [-0.4, -0.2) is 20.4 Å². The SMILES string of the molecule is Oc1ccc(-c2c3c(c(-c4ccc(O)cc4)c(-c4ccc(O)cc4)c2-c2ccc(O)cc2)Cc2ccccc2C3)cc1. The number of fused-ring (bicyclic) bond motifs is 2. The highest BCUT2D eigenvalue weighted by molar-refractivity contribution is 6.05. The summed E-state index contributed by atoms with van der Waals surface area (Å²) in [6.45, 7) is 0. The zero-order valence-electron chi connectivity index (χ0n) is 22.8. The Bertz CT molecular complexity index is 1780. The number of aromatic hydroxyl groups is 4. The van der Waals surface area contributed by atoms with Gasteiger partial charge in [-0.05, 0) is 128 Å². The Morgan fingerprint density at radius 3 is 0.857 bits per heavy atom. The first-order valence-electron chi connectivity index (χ1n) is 13.9. The van der Waals surface area contributed by atoms with Gasteiger partial charge in [0.05, 0.1) is 0 Å². The Morgan fingerprint density at radius 2 is 0.571 bits per heavy atom. The third-order valence-electron chi connectivity index (χ3n) is 8.19. The van der Waals surface area contributed by atoms with Gasteiger partial charge in [-0.25, -0.2) is 0 Å². The molecule has 0 heterocycles. The van der Waals surface area contributed by atoms with E-state index in [9.17, 15) is 20.4 Å². The fraction of sp³-hybridized carbons (Fsp3) is 0.0526. The summed E-state index contributed by atoms with van der Waals surface area (Å²) in [7, 11) is 0. The average Bonchev–Trinajstić information content (AvgIpc) is 3.01. The monoisotopic (exact) mass is 548 g/mol. The first-order chi connectivity index (χ1) is 20.5. The maximum Gasteiger partial charge on any atom is 0.115 e. The van der Waals surface area contributed by atoms with E-state index >= 15 is 0 Å². The van der Waals surface area contributed by atoms with Gasteiger partial charge in [0.2, 0.25) is 0 Å². The van der Waals surface area contributed by atoms with Crippen LogP contribution >= 0.6 is 0 Å². The zero-order chi connectivity index (χ0) is 28.8. The topological polar surface area (TPSA) is 80.9 Å². The van der Waals surface area contributed by atoms with Crippen LogP contribution in [0.3, 0.4) is 0 Å². The maximum atomic E-state index is 10.2. The smallest absolute Gasteiger partial charge is 0.115 e. The molecule has 0 fully saturated rings. The lowest BCUT2D eigenvalue weighted by molar-refractivity contribution is 0.475. The van der Waals surface area contributed by atoms with Gasteiger partial charge in [-0.1, -0.05) is 72.8 Å². The lowest BCUT2D eigenvalue weighted by atomic mass is 9.72. The van der Waals surface area contributed by atoms with Crippen molar-refractivity contribution in [2.24, 2.45) is 0 Å². The molecular weight excluding hydrogens is 520 g/mol. The maximum absolute atomic E-state index is 10.2. The van der Waals surface area contributed by atoms with Crippen molar-refractivity contribution in [3.63, 3.8) is 0 Å². The van der Waals surface area contributed by atoms with Crippen molar-refractivity contribution in [1.29, 1.82) is 0 Å². The molecule has 0 radical (unpaired) electrons. The lowest BCUT2D eigenvalue weighted by Crippen LogP contribution is -2.13. The molecule has 0 bridgehead atoms. The molecule has 42 heavy (non-hydrogen) atoms. The molecule has 6 aromatic rings. The Hall–Kier alpha value is -5.48. The van der Waals surface area contributed by atoms with Crippen molar-refractivity contribution in [1.82, 2.24) is 0 Å². The Kier molecular flexibility index (Phi) is 6.17. The average molecular weight is 549 g/mol. The minimum absolute atomic E-state index is 0.182. The van der Waals surface area contributed by atoms with Crippen LogP contribution in [0.2, 0.25) is 0 Å². The molecule has 4 N–H and O–H groups in total. The molecule has 4 heteroatoms. The molecule has 7 rings (SSSR count). The largest absolute Gasteiger partial charge is 0.508 e. The van der Waals surface area contributed by atoms with Crippen LogP contribution in [0, 0.1) is 0 Å². The predicted molar refractivity (Wildman–Crippen MR) is 167 cm³/mol. The molecule has 1 aliphatic rings. The second-order valence-electron chi connectivity index (χ2n) is 10.8. The van der Waals surface area contributed by atoms with E-state index in [0.29, 0.717) is 0 Å². The molecule has 204 valence electrons. The van der Waals surface area contributed by atoms with E-state index < -0.39 is 0 Å². The van der Waals surface area contributed by atoms with E-state index in [-0.39, 0.29) is 23.0 Å². The summed E-state index contributed by atoms with van der Waals surface area (Å²) < 4.78 is 0. The number of hydrogen-bond acceptors (Lipinski definition) is 4. The minimum atomic E-state index is 0.182. The Morgan fingerprint density at radius 1 is 0.310 bits per heavy atom. The van der Waals surface area contributed by atoms with E-state index in [1.807, 2.05) is 48.5 Å². The highest BCUT2D eigenvalue weighted by Crippen LogP contribution is 2.52. The van der Waals surface area contributed by atoms with Crippen molar-refractivity contribution < 1.29 is 20.4 Å². The number of hydrogen-bond donors (Lipinski definition) is 4. The van der Waals surface area contributed by atoms with E-state index in [2.05, 4.69) is 24.3 Å². The van der Waals surface area contributed by atoms with Crippen LogP contribution in [0.4, 0.5) is 0 Å². The molecule has 1 aliphatic carbocycles. The number of rotatable bonds is 4. The summed E-state index contributed by atoms with van der Waals surface area (Å²) in [6, 6.07) is 37.7. The lowest BCUT2D eigenvalue weighted by Gasteiger charge is -2.31. The van der Waals surface area contributed by atoms with Crippen molar-refractivity contribution >= 4 is 0 Å². The summed E-state index contributed by atoms with van der Waals surface area (Å²) in [5.74, 6) is 0.760. The van der Waals surface area contributed by atoms with Gasteiger partial charge >= 0.3 is 0 Å². The molecule has 0 saturated heterocycles. The summed E-state index contributed by atoms with van der Waals surface area (Å²) in [5, 5.41) is 40.8. The van der Waals surface area contributed by atoms with Gasteiger partial charge in [0.25, 0.3) is 0 Å². The van der Waals surface area contributed by atoms with E-state index in [4.69, 9.17) is 0 Å². The standard InChI is InChI=1S/C38H28O4/c39-29-13-5-23(6-14-29)35-33-21-27-3-1-2-4-28(27)22-34(33)36(24-7-15-30(40)16-8-24)38(26-11-19-32(42)20-12-26)37(35)25-9-17-31(41)18-10-25/h1-20,39-42H,21-22H2. The van der Waals surface area contributed by atoms with Crippen molar-refractivity contribution in [3.8, 4) is 67.5 Å². The molecule has 0 aromatic heterocycles. The zero-order valence-corrected chi connectivity index (χ0v) is 22.8. The van der Waals surface area contributed by atoms with Gasteiger partial charge in [-0.2, -0.15) is 0 Å². The summed E-state index contributed by atoms with van der Waals surface area (Å²) >= 11 is 0. The number of phenols is 4. The van der Waals surface area contributed by atoms with Crippen LogP contribution in [0.1, 0.15) is 22.3 Å². The van der Waals surface area contributed by atoms with Crippen LogP contribution in [-0.2, 0) is 12.8 Å². The molecule has 0 aliphatic heterocycles. The van der Waals surface area contributed by atoms with Gasteiger partial charge < -0.3 is 20.4 Å². The van der Waals surface area contributed by atoms with Crippen LogP contribution in [0.25, 0.3) is 44.5 Å². The first kappa shape index (κ1) is 25.5. The Balaban J connectivity index is 1.69. The highest BCUT2D eigenvalue weighted by Gasteiger charge is 2.30.